The molecular formula is C23H26Cl2F3NO. The maximum Gasteiger partial charge on any atom is 0.417 e. The monoisotopic (exact) mass is 459 g/mol. The number of hydrogen-bond acceptors (Lipinski definition) is 2. The van der Waals surface area contributed by atoms with Crippen LogP contribution in [0.1, 0.15) is 36.0 Å². The summed E-state index contributed by atoms with van der Waals surface area (Å²) in [6.07, 6.45) is -1.85. The van der Waals surface area contributed by atoms with Crippen molar-refractivity contribution in [3.8, 4) is 0 Å². The highest BCUT2D eigenvalue weighted by Crippen LogP contribution is 2.47. The van der Waals surface area contributed by atoms with Gasteiger partial charge in [-0.1, -0.05) is 41.4 Å². The van der Waals surface area contributed by atoms with Gasteiger partial charge in [-0.3, -0.25) is 0 Å². The zero-order valence-electron chi connectivity index (χ0n) is 17.0. The minimum absolute atomic E-state index is 0.194. The van der Waals surface area contributed by atoms with Crippen molar-refractivity contribution in [1.29, 1.82) is 0 Å². The molecule has 0 spiro atoms. The SMILES string of the molecule is CN(C)CC1CC(Cc2ccc(Cl)cc2)CCC1(O)c1ccc(Cl)c(C(F)(F)F)c1. The molecule has 2 nitrogen and oxygen atoms in total. The van der Waals surface area contributed by atoms with Crippen LogP contribution in [0, 0.1) is 11.8 Å². The third-order valence-corrected chi connectivity index (χ3v) is 6.60. The van der Waals surface area contributed by atoms with Gasteiger partial charge in [-0.05, 0) is 81.1 Å². The Hall–Kier alpha value is -1.27. The van der Waals surface area contributed by atoms with E-state index in [1.807, 2.05) is 43.3 Å². The van der Waals surface area contributed by atoms with Crippen molar-refractivity contribution in [2.24, 2.45) is 11.8 Å². The molecule has 0 heterocycles. The molecule has 3 atom stereocenters. The molecule has 0 bridgehead atoms. The number of hydrogen-bond donors (Lipinski definition) is 1. The minimum atomic E-state index is -4.56. The molecule has 1 N–H and O–H groups in total. The first-order chi connectivity index (χ1) is 14.0. The maximum absolute atomic E-state index is 13.4. The fourth-order valence-electron chi connectivity index (χ4n) is 4.54. The van der Waals surface area contributed by atoms with Crippen molar-refractivity contribution >= 4 is 23.2 Å². The molecule has 1 aliphatic rings. The normalized spacial score (nSPS) is 25.0. The minimum Gasteiger partial charge on any atom is -0.385 e. The van der Waals surface area contributed by atoms with Crippen molar-refractivity contribution < 1.29 is 18.3 Å². The third-order valence-electron chi connectivity index (χ3n) is 6.02. The van der Waals surface area contributed by atoms with Crippen LogP contribution in [0.2, 0.25) is 10.0 Å². The zero-order chi connectivity index (χ0) is 22.1. The van der Waals surface area contributed by atoms with E-state index in [9.17, 15) is 18.3 Å². The van der Waals surface area contributed by atoms with Gasteiger partial charge in [0, 0.05) is 17.5 Å². The highest BCUT2D eigenvalue weighted by atomic mass is 35.5. The molecule has 7 heteroatoms. The van der Waals surface area contributed by atoms with E-state index < -0.39 is 17.3 Å². The van der Waals surface area contributed by atoms with Gasteiger partial charge in [-0.2, -0.15) is 13.2 Å². The van der Waals surface area contributed by atoms with Crippen LogP contribution < -0.4 is 0 Å². The van der Waals surface area contributed by atoms with E-state index in [1.165, 1.54) is 17.7 Å². The molecule has 0 aromatic heterocycles. The summed E-state index contributed by atoms with van der Waals surface area (Å²) in [5.74, 6) is 0.145. The first-order valence-electron chi connectivity index (χ1n) is 9.98. The highest BCUT2D eigenvalue weighted by Gasteiger charge is 2.45. The highest BCUT2D eigenvalue weighted by molar-refractivity contribution is 6.31. The second-order valence-corrected chi connectivity index (χ2v) is 9.39. The summed E-state index contributed by atoms with van der Waals surface area (Å²) >= 11 is 11.8. The average molecular weight is 460 g/mol. The Morgan fingerprint density at radius 3 is 2.37 bits per heavy atom. The molecule has 0 amide bonds. The fraction of sp³-hybridized carbons (Fsp3) is 0.478. The Morgan fingerprint density at radius 1 is 1.10 bits per heavy atom. The van der Waals surface area contributed by atoms with Crippen LogP contribution in [-0.2, 0) is 18.2 Å². The molecule has 3 unspecified atom stereocenters. The molecule has 164 valence electrons. The van der Waals surface area contributed by atoms with E-state index in [1.54, 1.807) is 0 Å². The Bertz CT molecular complexity index is 870. The van der Waals surface area contributed by atoms with Crippen LogP contribution in [-0.4, -0.2) is 30.6 Å². The standard InChI is InChI=1S/C23H26Cl2F3NO/c1-29(2)14-18-12-16(11-15-3-6-19(24)7-4-15)9-10-22(18,30)17-5-8-21(25)20(13-17)23(26,27)28/h3-8,13,16,18,30H,9-12,14H2,1-2H3. The summed E-state index contributed by atoms with van der Waals surface area (Å²) in [4.78, 5) is 1.97. The van der Waals surface area contributed by atoms with Gasteiger partial charge in [0.25, 0.3) is 0 Å². The van der Waals surface area contributed by atoms with Crippen LogP contribution in [0.25, 0.3) is 0 Å². The first-order valence-corrected chi connectivity index (χ1v) is 10.7. The molecule has 0 radical (unpaired) electrons. The molecule has 0 aliphatic heterocycles. The Morgan fingerprint density at radius 2 is 1.77 bits per heavy atom. The van der Waals surface area contributed by atoms with E-state index in [-0.39, 0.29) is 16.5 Å². The molecule has 1 saturated carbocycles. The Kier molecular flexibility index (Phi) is 7.08. The molecule has 30 heavy (non-hydrogen) atoms. The molecule has 1 fully saturated rings. The summed E-state index contributed by atoms with van der Waals surface area (Å²) in [6, 6.07) is 11.5. The van der Waals surface area contributed by atoms with Gasteiger partial charge in [0.2, 0.25) is 0 Å². The van der Waals surface area contributed by atoms with E-state index in [0.717, 1.165) is 25.3 Å². The second-order valence-electron chi connectivity index (χ2n) is 8.55. The lowest BCUT2D eigenvalue weighted by Gasteiger charge is -2.45. The molecule has 2 aromatic carbocycles. The number of halogens is 5. The number of aliphatic hydroxyl groups is 1. The Labute approximate surface area is 185 Å². The summed E-state index contributed by atoms with van der Waals surface area (Å²) in [6.45, 7) is 0.581. The number of benzene rings is 2. The summed E-state index contributed by atoms with van der Waals surface area (Å²) < 4.78 is 40.1. The van der Waals surface area contributed by atoms with Gasteiger partial charge < -0.3 is 10.0 Å². The van der Waals surface area contributed by atoms with Gasteiger partial charge in [-0.15, -0.1) is 0 Å². The van der Waals surface area contributed by atoms with E-state index >= 15 is 0 Å². The summed E-state index contributed by atoms with van der Waals surface area (Å²) in [7, 11) is 3.82. The summed E-state index contributed by atoms with van der Waals surface area (Å²) in [5, 5.41) is 11.9. The smallest absolute Gasteiger partial charge is 0.385 e. The second kappa shape index (κ2) is 9.07. The summed E-state index contributed by atoms with van der Waals surface area (Å²) in [5.41, 5.74) is -0.770. The van der Waals surface area contributed by atoms with Crippen LogP contribution in [0.3, 0.4) is 0 Å². The van der Waals surface area contributed by atoms with Gasteiger partial charge in [0.15, 0.2) is 0 Å². The van der Waals surface area contributed by atoms with Crippen molar-refractivity contribution in [2.45, 2.75) is 37.5 Å². The predicted octanol–water partition coefficient (Wildman–Crippen LogP) is 6.42. The lowest BCUT2D eigenvalue weighted by molar-refractivity contribution is -0.137. The molecule has 1 aliphatic carbocycles. The first kappa shape index (κ1) is 23.4. The van der Waals surface area contributed by atoms with Crippen molar-refractivity contribution in [3.05, 3.63) is 69.2 Å². The van der Waals surface area contributed by atoms with E-state index in [4.69, 9.17) is 23.2 Å². The van der Waals surface area contributed by atoms with Crippen LogP contribution in [0.5, 0.6) is 0 Å². The van der Waals surface area contributed by atoms with Gasteiger partial charge in [-0.25, -0.2) is 0 Å². The largest absolute Gasteiger partial charge is 0.417 e. The van der Waals surface area contributed by atoms with Gasteiger partial charge >= 0.3 is 6.18 Å². The van der Waals surface area contributed by atoms with Gasteiger partial charge in [0.05, 0.1) is 16.2 Å². The molecule has 3 rings (SSSR count). The molecular weight excluding hydrogens is 434 g/mol. The average Bonchev–Trinajstić information content (AvgIpc) is 2.65. The van der Waals surface area contributed by atoms with E-state index in [0.29, 0.717) is 23.9 Å². The maximum atomic E-state index is 13.4. The van der Waals surface area contributed by atoms with E-state index in [2.05, 4.69) is 0 Å². The topological polar surface area (TPSA) is 23.5 Å². The zero-order valence-corrected chi connectivity index (χ0v) is 18.5. The van der Waals surface area contributed by atoms with Crippen molar-refractivity contribution in [2.75, 3.05) is 20.6 Å². The number of nitrogens with zero attached hydrogens (tertiary/aromatic N) is 1. The van der Waals surface area contributed by atoms with Crippen LogP contribution in [0.4, 0.5) is 13.2 Å². The van der Waals surface area contributed by atoms with Crippen molar-refractivity contribution in [1.82, 2.24) is 4.90 Å². The van der Waals surface area contributed by atoms with Crippen LogP contribution in [0.15, 0.2) is 42.5 Å². The molecule has 2 aromatic rings. The van der Waals surface area contributed by atoms with Gasteiger partial charge in [0.1, 0.15) is 0 Å². The number of rotatable bonds is 5. The lowest BCUT2D eigenvalue weighted by atomic mass is 9.66. The number of alkyl halides is 3. The lowest BCUT2D eigenvalue weighted by Crippen LogP contribution is -2.45. The quantitative estimate of drug-likeness (QED) is 0.557. The van der Waals surface area contributed by atoms with Crippen molar-refractivity contribution in [3.63, 3.8) is 0 Å². The Balaban J connectivity index is 1.87. The van der Waals surface area contributed by atoms with Crippen LogP contribution >= 0.6 is 23.2 Å². The molecule has 0 saturated heterocycles. The fourth-order valence-corrected chi connectivity index (χ4v) is 4.89. The third kappa shape index (κ3) is 5.31. The predicted molar refractivity (Wildman–Crippen MR) is 115 cm³/mol.